The lowest BCUT2D eigenvalue weighted by atomic mass is 9.84. The summed E-state index contributed by atoms with van der Waals surface area (Å²) in [6, 6.07) is 1.63. The smallest absolute Gasteiger partial charge is 0.311 e. The van der Waals surface area contributed by atoms with Crippen LogP contribution in [-0.4, -0.2) is 51.4 Å². The van der Waals surface area contributed by atoms with Crippen LogP contribution in [0.5, 0.6) is 0 Å². The van der Waals surface area contributed by atoms with E-state index in [9.17, 15) is 14.9 Å². The number of imidazole rings is 1. The molecule has 126 valence electrons. The molecule has 1 aromatic heterocycles. The Kier molecular flexibility index (Phi) is 3.76. The fourth-order valence-electron chi connectivity index (χ4n) is 3.79. The van der Waals surface area contributed by atoms with E-state index in [-0.39, 0.29) is 27.6 Å². The number of fused-ring (bicyclic) bond motifs is 4. The van der Waals surface area contributed by atoms with Crippen molar-refractivity contribution in [2.24, 2.45) is 5.92 Å². The van der Waals surface area contributed by atoms with Gasteiger partial charge in [-0.15, -0.1) is 0 Å². The number of benzene rings is 1. The average molecular weight is 394 g/mol. The number of hydrogen-bond acceptors (Lipinski definition) is 5. The normalized spacial score (nSPS) is 25.8. The lowest BCUT2D eigenvalue weighted by Gasteiger charge is -2.44. The topological polar surface area (TPSA) is 104 Å². The molecule has 9 heteroatoms. The number of nitrogens with one attached hydrogen (secondary N) is 2. The standard InChI is InChI=1S/C15H16BrN5O3/c16-10-5-9(12-13(18-7-17-12)14(10)21(23)24)15(22)19-11-6-20-3-1-8(11)2-4-20/h5,7-8,11H,1-4,6H2,(H,17,18)(H,19,22)/t11-/m0/s1. The lowest BCUT2D eigenvalue weighted by Crippen LogP contribution is -2.57. The minimum Gasteiger partial charge on any atom is -0.348 e. The summed E-state index contributed by atoms with van der Waals surface area (Å²) in [7, 11) is 0. The molecular formula is C15H16BrN5O3. The minimum absolute atomic E-state index is 0.131. The Labute approximate surface area is 145 Å². The molecule has 24 heavy (non-hydrogen) atoms. The van der Waals surface area contributed by atoms with Gasteiger partial charge in [0.25, 0.3) is 5.91 Å². The van der Waals surface area contributed by atoms with E-state index in [0.717, 1.165) is 32.5 Å². The molecule has 3 aliphatic heterocycles. The maximum absolute atomic E-state index is 12.8. The summed E-state index contributed by atoms with van der Waals surface area (Å²) in [6.07, 6.45) is 3.58. The molecule has 5 rings (SSSR count). The highest BCUT2D eigenvalue weighted by Crippen LogP contribution is 2.34. The van der Waals surface area contributed by atoms with E-state index in [1.165, 1.54) is 12.4 Å². The van der Waals surface area contributed by atoms with Crippen LogP contribution in [0.3, 0.4) is 0 Å². The maximum Gasteiger partial charge on any atom is 0.311 e. The van der Waals surface area contributed by atoms with Crippen molar-refractivity contribution in [3.63, 3.8) is 0 Å². The highest BCUT2D eigenvalue weighted by Gasteiger charge is 2.35. The van der Waals surface area contributed by atoms with Crippen molar-refractivity contribution in [3.05, 3.63) is 32.5 Å². The van der Waals surface area contributed by atoms with Crippen molar-refractivity contribution in [2.45, 2.75) is 18.9 Å². The van der Waals surface area contributed by atoms with Gasteiger partial charge in [-0.3, -0.25) is 14.9 Å². The van der Waals surface area contributed by atoms with E-state index in [1.807, 2.05) is 0 Å². The van der Waals surface area contributed by atoms with Gasteiger partial charge in [0.05, 0.1) is 26.8 Å². The molecular weight excluding hydrogens is 378 g/mol. The van der Waals surface area contributed by atoms with Gasteiger partial charge in [0.1, 0.15) is 0 Å². The van der Waals surface area contributed by atoms with E-state index in [0.29, 0.717) is 17.0 Å². The number of nitro benzene ring substituents is 1. The number of aromatic amines is 1. The molecule has 3 aliphatic rings. The zero-order valence-electron chi connectivity index (χ0n) is 12.8. The van der Waals surface area contributed by atoms with Crippen LogP contribution in [0.25, 0.3) is 11.0 Å². The first-order valence-corrected chi connectivity index (χ1v) is 8.67. The van der Waals surface area contributed by atoms with Crippen LogP contribution in [0.2, 0.25) is 0 Å². The number of amides is 1. The van der Waals surface area contributed by atoms with Crippen molar-refractivity contribution >= 4 is 38.6 Å². The summed E-state index contributed by atoms with van der Waals surface area (Å²) in [5.74, 6) is 0.288. The molecule has 3 saturated heterocycles. The molecule has 2 aromatic rings. The Hall–Kier alpha value is -2.00. The largest absolute Gasteiger partial charge is 0.348 e. The van der Waals surface area contributed by atoms with Crippen LogP contribution in [0.15, 0.2) is 16.9 Å². The van der Waals surface area contributed by atoms with Gasteiger partial charge in [-0.2, -0.15) is 0 Å². The highest BCUT2D eigenvalue weighted by molar-refractivity contribution is 9.10. The van der Waals surface area contributed by atoms with Gasteiger partial charge >= 0.3 is 5.69 Å². The summed E-state index contributed by atoms with van der Waals surface area (Å²) >= 11 is 3.20. The molecule has 0 unspecified atom stereocenters. The van der Waals surface area contributed by atoms with Crippen molar-refractivity contribution in [3.8, 4) is 0 Å². The number of halogens is 1. The van der Waals surface area contributed by atoms with Crippen LogP contribution in [0.4, 0.5) is 5.69 Å². The zero-order chi connectivity index (χ0) is 16.8. The number of nitrogens with zero attached hydrogens (tertiary/aromatic N) is 3. The van der Waals surface area contributed by atoms with Crippen molar-refractivity contribution < 1.29 is 9.72 Å². The summed E-state index contributed by atoms with van der Waals surface area (Å²) < 4.78 is 0.256. The van der Waals surface area contributed by atoms with Gasteiger partial charge in [0, 0.05) is 12.6 Å². The zero-order valence-corrected chi connectivity index (χ0v) is 14.4. The fourth-order valence-corrected chi connectivity index (χ4v) is 4.35. The molecule has 1 aromatic carbocycles. The molecule has 1 atom stereocenters. The number of piperidine rings is 3. The SMILES string of the molecule is O=C(N[C@H]1CN2CCC1CC2)c1cc(Br)c([N+](=O)[O-])c2nc[nH]c12. The first-order chi connectivity index (χ1) is 11.5. The predicted octanol–water partition coefficient (Wildman–Crippen LogP) is 2.06. The van der Waals surface area contributed by atoms with Crippen molar-refractivity contribution in [1.82, 2.24) is 20.2 Å². The molecule has 2 bridgehead atoms. The lowest BCUT2D eigenvalue weighted by molar-refractivity contribution is -0.384. The molecule has 0 saturated carbocycles. The minimum atomic E-state index is -0.498. The molecule has 2 N–H and O–H groups in total. The Balaban J connectivity index is 1.67. The van der Waals surface area contributed by atoms with E-state index in [1.54, 1.807) is 0 Å². The molecule has 0 radical (unpaired) electrons. The van der Waals surface area contributed by atoms with Gasteiger partial charge in [-0.05, 0) is 53.8 Å². The second-order valence-corrected chi connectivity index (χ2v) is 7.21. The number of rotatable bonds is 3. The van der Waals surface area contributed by atoms with Crippen LogP contribution < -0.4 is 5.32 Å². The highest BCUT2D eigenvalue weighted by atomic mass is 79.9. The number of H-pyrrole nitrogens is 1. The van der Waals surface area contributed by atoms with Gasteiger partial charge < -0.3 is 15.2 Å². The first-order valence-electron chi connectivity index (χ1n) is 7.88. The van der Waals surface area contributed by atoms with Gasteiger partial charge in [-0.25, -0.2) is 4.98 Å². The number of carbonyl (C=O) groups is 1. The van der Waals surface area contributed by atoms with Crippen molar-refractivity contribution in [2.75, 3.05) is 19.6 Å². The second kappa shape index (κ2) is 5.82. The van der Waals surface area contributed by atoms with E-state index < -0.39 is 4.92 Å². The Morgan fingerprint density at radius 2 is 2.21 bits per heavy atom. The summed E-state index contributed by atoms with van der Waals surface area (Å²) in [5, 5.41) is 14.3. The van der Waals surface area contributed by atoms with E-state index in [4.69, 9.17) is 0 Å². The van der Waals surface area contributed by atoms with Gasteiger partial charge in [0.2, 0.25) is 0 Å². The summed E-state index contributed by atoms with van der Waals surface area (Å²) in [4.78, 5) is 32.7. The number of nitro groups is 1. The number of carbonyl (C=O) groups excluding carboxylic acids is 1. The molecule has 3 fully saturated rings. The average Bonchev–Trinajstić information content (AvgIpc) is 3.03. The summed E-state index contributed by atoms with van der Waals surface area (Å²) in [6.45, 7) is 3.08. The second-order valence-electron chi connectivity index (χ2n) is 6.36. The fraction of sp³-hybridized carbons (Fsp3) is 0.467. The van der Waals surface area contributed by atoms with Crippen molar-refractivity contribution in [1.29, 1.82) is 0 Å². The van der Waals surface area contributed by atoms with Gasteiger partial charge in [0.15, 0.2) is 5.52 Å². The van der Waals surface area contributed by atoms with E-state index >= 15 is 0 Å². The maximum atomic E-state index is 12.8. The first kappa shape index (κ1) is 15.5. The Morgan fingerprint density at radius 1 is 1.46 bits per heavy atom. The predicted molar refractivity (Wildman–Crippen MR) is 90.9 cm³/mol. The van der Waals surface area contributed by atoms with Crippen LogP contribution in [0.1, 0.15) is 23.2 Å². The van der Waals surface area contributed by atoms with Gasteiger partial charge in [-0.1, -0.05) is 0 Å². The third kappa shape index (κ3) is 2.48. The molecule has 0 spiro atoms. The Morgan fingerprint density at radius 3 is 2.83 bits per heavy atom. The molecule has 1 amide bonds. The van der Waals surface area contributed by atoms with Crippen LogP contribution in [-0.2, 0) is 0 Å². The summed E-state index contributed by atoms with van der Waals surface area (Å²) in [5.41, 5.74) is 0.819. The molecule has 8 nitrogen and oxygen atoms in total. The third-order valence-electron chi connectivity index (χ3n) is 5.03. The number of aromatic nitrogens is 2. The van der Waals surface area contributed by atoms with Crippen LogP contribution in [0, 0.1) is 16.0 Å². The third-order valence-corrected chi connectivity index (χ3v) is 5.63. The quantitative estimate of drug-likeness (QED) is 0.613. The Bertz CT molecular complexity index is 828. The number of hydrogen-bond donors (Lipinski definition) is 2. The van der Waals surface area contributed by atoms with Crippen LogP contribution >= 0.6 is 15.9 Å². The molecule has 4 heterocycles. The molecule has 0 aliphatic carbocycles. The van der Waals surface area contributed by atoms with E-state index in [2.05, 4.69) is 36.1 Å². The monoisotopic (exact) mass is 393 g/mol.